The molecular weight excluding hydrogens is 196 g/mol. The van der Waals surface area contributed by atoms with Crippen molar-refractivity contribution < 1.29 is 14.6 Å². The Balaban J connectivity index is 2.60. The Morgan fingerprint density at radius 2 is 2.13 bits per heavy atom. The number of rotatable bonds is 5. The lowest BCUT2D eigenvalue weighted by molar-refractivity contribution is -0.119. The summed E-state index contributed by atoms with van der Waals surface area (Å²) < 4.78 is 5.27. The lowest BCUT2D eigenvalue weighted by atomic mass is 10.2. The standard InChI is InChI=1S/C10H14N2O3/c11-8(10(12)14)6-15-9-4-2-1-3-7(9)5-13/h1-4,8,13H,5-6,11H2,(H2,12,14). The molecule has 5 heteroatoms. The predicted molar refractivity (Wildman–Crippen MR) is 55.0 cm³/mol. The zero-order valence-electron chi connectivity index (χ0n) is 8.22. The monoisotopic (exact) mass is 210 g/mol. The number of para-hydroxylation sites is 1. The van der Waals surface area contributed by atoms with Crippen molar-refractivity contribution in [3.05, 3.63) is 29.8 Å². The molecule has 82 valence electrons. The third-order valence-electron chi connectivity index (χ3n) is 1.93. The maximum Gasteiger partial charge on any atom is 0.237 e. The van der Waals surface area contributed by atoms with E-state index in [1.54, 1.807) is 24.3 Å². The first-order valence-corrected chi connectivity index (χ1v) is 4.51. The van der Waals surface area contributed by atoms with Crippen molar-refractivity contribution in [1.29, 1.82) is 0 Å². The van der Waals surface area contributed by atoms with Crippen LogP contribution in [0.4, 0.5) is 0 Å². The summed E-state index contributed by atoms with van der Waals surface area (Å²) in [6.45, 7) is -0.117. The Bertz CT molecular complexity index is 341. The summed E-state index contributed by atoms with van der Waals surface area (Å²) in [5.41, 5.74) is 11.0. The molecule has 15 heavy (non-hydrogen) atoms. The van der Waals surface area contributed by atoms with Crippen LogP contribution < -0.4 is 16.2 Å². The van der Waals surface area contributed by atoms with Gasteiger partial charge in [0.1, 0.15) is 18.4 Å². The maximum atomic E-state index is 10.6. The summed E-state index contributed by atoms with van der Waals surface area (Å²) in [7, 11) is 0. The van der Waals surface area contributed by atoms with Crippen molar-refractivity contribution in [2.75, 3.05) is 6.61 Å². The molecule has 1 unspecified atom stereocenters. The summed E-state index contributed by atoms with van der Waals surface area (Å²) in [5.74, 6) is -0.104. The van der Waals surface area contributed by atoms with Crippen LogP contribution >= 0.6 is 0 Å². The molecule has 5 N–H and O–H groups in total. The normalized spacial score (nSPS) is 12.1. The van der Waals surface area contributed by atoms with Crippen molar-refractivity contribution in [2.45, 2.75) is 12.6 Å². The molecular formula is C10H14N2O3. The topological polar surface area (TPSA) is 98.6 Å². The Morgan fingerprint density at radius 1 is 1.47 bits per heavy atom. The third kappa shape index (κ3) is 3.23. The fraction of sp³-hybridized carbons (Fsp3) is 0.300. The lowest BCUT2D eigenvalue weighted by Gasteiger charge is -2.12. The highest BCUT2D eigenvalue weighted by Gasteiger charge is 2.10. The van der Waals surface area contributed by atoms with Gasteiger partial charge in [-0.15, -0.1) is 0 Å². The predicted octanol–water partition coefficient (Wildman–Crippen LogP) is -0.630. The van der Waals surface area contributed by atoms with E-state index in [0.717, 1.165) is 0 Å². The number of amides is 1. The number of primary amides is 1. The molecule has 0 spiro atoms. The summed E-state index contributed by atoms with van der Waals surface area (Å²) in [4.78, 5) is 10.6. The van der Waals surface area contributed by atoms with E-state index in [0.29, 0.717) is 11.3 Å². The first kappa shape index (κ1) is 11.5. The highest BCUT2D eigenvalue weighted by Crippen LogP contribution is 2.17. The van der Waals surface area contributed by atoms with Gasteiger partial charge >= 0.3 is 0 Å². The Hall–Kier alpha value is -1.59. The number of aliphatic hydroxyl groups is 1. The van der Waals surface area contributed by atoms with Gasteiger partial charge in [-0.2, -0.15) is 0 Å². The van der Waals surface area contributed by atoms with Crippen LogP contribution in [0.2, 0.25) is 0 Å². The molecule has 1 amide bonds. The van der Waals surface area contributed by atoms with E-state index >= 15 is 0 Å². The van der Waals surface area contributed by atoms with E-state index in [9.17, 15) is 4.79 Å². The Morgan fingerprint density at radius 3 is 2.73 bits per heavy atom. The minimum Gasteiger partial charge on any atom is -0.491 e. The molecule has 1 aromatic carbocycles. The fourth-order valence-corrected chi connectivity index (χ4v) is 1.04. The molecule has 0 bridgehead atoms. The highest BCUT2D eigenvalue weighted by atomic mass is 16.5. The SMILES string of the molecule is NC(=O)C(N)COc1ccccc1CO. The lowest BCUT2D eigenvalue weighted by Crippen LogP contribution is -2.41. The molecule has 0 saturated heterocycles. The molecule has 0 aliphatic rings. The first-order valence-electron chi connectivity index (χ1n) is 4.51. The van der Waals surface area contributed by atoms with Gasteiger partial charge in [0.05, 0.1) is 6.61 Å². The van der Waals surface area contributed by atoms with Crippen molar-refractivity contribution in [1.82, 2.24) is 0 Å². The summed E-state index contributed by atoms with van der Waals surface area (Å²) in [6.07, 6.45) is 0. The number of nitrogens with two attached hydrogens (primary N) is 2. The molecule has 0 fully saturated rings. The van der Waals surface area contributed by atoms with Gasteiger partial charge in [-0.25, -0.2) is 0 Å². The van der Waals surface area contributed by atoms with Crippen molar-refractivity contribution >= 4 is 5.91 Å². The molecule has 1 aromatic rings. The summed E-state index contributed by atoms with van der Waals surface area (Å²) >= 11 is 0. The van der Waals surface area contributed by atoms with E-state index in [4.69, 9.17) is 21.3 Å². The van der Waals surface area contributed by atoms with Crippen molar-refractivity contribution in [2.24, 2.45) is 11.5 Å². The van der Waals surface area contributed by atoms with Gasteiger partial charge in [-0.05, 0) is 6.07 Å². The molecule has 0 radical (unpaired) electrons. The zero-order valence-corrected chi connectivity index (χ0v) is 8.22. The van der Waals surface area contributed by atoms with Crippen LogP contribution in [0, 0.1) is 0 Å². The van der Waals surface area contributed by atoms with Crippen LogP contribution in [0.3, 0.4) is 0 Å². The summed E-state index contributed by atoms with van der Waals surface area (Å²) in [5, 5.41) is 8.99. The third-order valence-corrected chi connectivity index (χ3v) is 1.93. The van der Waals surface area contributed by atoms with Gasteiger partial charge in [-0.1, -0.05) is 18.2 Å². The van der Waals surface area contributed by atoms with E-state index in [1.807, 2.05) is 0 Å². The molecule has 0 heterocycles. The van der Waals surface area contributed by atoms with Gasteiger partial charge in [0.25, 0.3) is 0 Å². The smallest absolute Gasteiger partial charge is 0.237 e. The molecule has 0 aliphatic heterocycles. The largest absolute Gasteiger partial charge is 0.491 e. The van der Waals surface area contributed by atoms with E-state index in [1.165, 1.54) is 0 Å². The van der Waals surface area contributed by atoms with Gasteiger partial charge in [0, 0.05) is 5.56 Å². The average molecular weight is 210 g/mol. The minimum absolute atomic E-state index is 0.00630. The summed E-state index contributed by atoms with van der Waals surface area (Å²) in [6, 6.07) is 6.14. The van der Waals surface area contributed by atoms with E-state index < -0.39 is 11.9 Å². The number of benzene rings is 1. The van der Waals surface area contributed by atoms with Crippen LogP contribution in [0.25, 0.3) is 0 Å². The fourth-order valence-electron chi connectivity index (χ4n) is 1.04. The highest BCUT2D eigenvalue weighted by molar-refractivity contribution is 5.79. The molecule has 0 aromatic heterocycles. The molecule has 5 nitrogen and oxygen atoms in total. The average Bonchev–Trinajstić information content (AvgIpc) is 2.26. The van der Waals surface area contributed by atoms with Crippen LogP contribution in [0.5, 0.6) is 5.75 Å². The van der Waals surface area contributed by atoms with E-state index in [2.05, 4.69) is 0 Å². The number of hydrogen-bond acceptors (Lipinski definition) is 4. The van der Waals surface area contributed by atoms with Gasteiger partial charge < -0.3 is 21.3 Å². The van der Waals surface area contributed by atoms with E-state index in [-0.39, 0.29) is 13.2 Å². The number of aliphatic hydroxyl groups excluding tert-OH is 1. The Kier molecular flexibility index (Phi) is 4.08. The number of ether oxygens (including phenoxy) is 1. The Labute approximate surface area is 87.6 Å². The minimum atomic E-state index is -0.836. The number of hydrogen-bond donors (Lipinski definition) is 3. The molecule has 1 atom stereocenters. The second-order valence-corrected chi connectivity index (χ2v) is 3.09. The molecule has 1 rings (SSSR count). The van der Waals surface area contributed by atoms with Crippen LogP contribution in [0.15, 0.2) is 24.3 Å². The van der Waals surface area contributed by atoms with Gasteiger partial charge in [0.15, 0.2) is 0 Å². The van der Waals surface area contributed by atoms with Gasteiger partial charge in [-0.3, -0.25) is 4.79 Å². The second kappa shape index (κ2) is 5.33. The molecule has 0 saturated carbocycles. The van der Waals surface area contributed by atoms with Crippen LogP contribution in [-0.2, 0) is 11.4 Å². The second-order valence-electron chi connectivity index (χ2n) is 3.09. The van der Waals surface area contributed by atoms with Gasteiger partial charge in [0.2, 0.25) is 5.91 Å². The number of carbonyl (C=O) groups is 1. The first-order chi connectivity index (χ1) is 7.15. The van der Waals surface area contributed by atoms with Crippen LogP contribution in [0.1, 0.15) is 5.56 Å². The quantitative estimate of drug-likeness (QED) is 0.602. The molecule has 0 aliphatic carbocycles. The van der Waals surface area contributed by atoms with Crippen LogP contribution in [-0.4, -0.2) is 23.7 Å². The number of carbonyl (C=O) groups excluding carboxylic acids is 1. The maximum absolute atomic E-state index is 10.6. The van der Waals surface area contributed by atoms with Crippen molar-refractivity contribution in [3.63, 3.8) is 0 Å². The van der Waals surface area contributed by atoms with Crippen molar-refractivity contribution in [3.8, 4) is 5.75 Å². The zero-order chi connectivity index (χ0) is 11.3.